The number of benzene rings is 2. The van der Waals surface area contributed by atoms with Crippen molar-refractivity contribution in [1.29, 1.82) is 0 Å². The van der Waals surface area contributed by atoms with Crippen molar-refractivity contribution in [3.8, 4) is 0 Å². The molecule has 142 valence electrons. The van der Waals surface area contributed by atoms with Gasteiger partial charge in [-0.25, -0.2) is 14.8 Å². The van der Waals surface area contributed by atoms with E-state index in [4.69, 9.17) is 0 Å². The number of esters is 1. The normalized spacial score (nSPS) is 10.2. The molecule has 0 aliphatic heterocycles. The first-order chi connectivity index (χ1) is 13.6. The van der Waals surface area contributed by atoms with Gasteiger partial charge in [0, 0.05) is 23.8 Å². The van der Waals surface area contributed by atoms with Gasteiger partial charge in [-0.05, 0) is 48.4 Å². The van der Waals surface area contributed by atoms with Gasteiger partial charge in [0.25, 0.3) is 5.91 Å². The van der Waals surface area contributed by atoms with Crippen molar-refractivity contribution in [2.75, 3.05) is 17.7 Å². The summed E-state index contributed by atoms with van der Waals surface area (Å²) in [6, 6.07) is 14.4. The van der Waals surface area contributed by atoms with E-state index in [0.29, 0.717) is 22.8 Å². The Bertz CT molecular complexity index is 952. The first-order valence-electron chi connectivity index (χ1n) is 8.76. The highest BCUT2D eigenvalue weighted by Crippen LogP contribution is 2.15. The van der Waals surface area contributed by atoms with E-state index < -0.39 is 5.97 Å². The minimum absolute atomic E-state index is 0.279. The lowest BCUT2D eigenvalue weighted by Gasteiger charge is -2.08. The van der Waals surface area contributed by atoms with Crippen LogP contribution in [0.5, 0.6) is 0 Å². The number of hydrogen-bond acceptors (Lipinski definition) is 6. The lowest BCUT2D eigenvalue weighted by Crippen LogP contribution is -2.13. The van der Waals surface area contributed by atoms with Crippen LogP contribution in [-0.2, 0) is 11.2 Å². The molecule has 1 aromatic heterocycles. The van der Waals surface area contributed by atoms with Gasteiger partial charge >= 0.3 is 5.97 Å². The summed E-state index contributed by atoms with van der Waals surface area (Å²) in [4.78, 5) is 32.1. The van der Waals surface area contributed by atoms with Crippen LogP contribution < -0.4 is 10.6 Å². The first kappa shape index (κ1) is 19.0. The molecule has 7 heteroatoms. The van der Waals surface area contributed by atoms with Crippen molar-refractivity contribution >= 4 is 29.2 Å². The molecule has 1 amide bonds. The quantitative estimate of drug-likeness (QED) is 0.635. The Hall–Kier alpha value is -3.74. The van der Waals surface area contributed by atoms with Gasteiger partial charge in [-0.1, -0.05) is 19.1 Å². The number of ether oxygens (including phenoxy) is 1. The second kappa shape index (κ2) is 8.77. The maximum absolute atomic E-state index is 12.3. The molecule has 28 heavy (non-hydrogen) atoms. The molecular weight excluding hydrogens is 356 g/mol. The summed E-state index contributed by atoms with van der Waals surface area (Å²) in [6.45, 7) is 2.08. The van der Waals surface area contributed by atoms with Gasteiger partial charge in [-0.3, -0.25) is 4.79 Å². The van der Waals surface area contributed by atoms with Gasteiger partial charge in [-0.2, -0.15) is 0 Å². The summed E-state index contributed by atoms with van der Waals surface area (Å²) in [6.07, 6.45) is 3.85. The number of carbonyl (C=O) groups is 2. The Morgan fingerprint density at radius 2 is 1.50 bits per heavy atom. The molecule has 0 bridgehead atoms. The first-order valence-corrected chi connectivity index (χ1v) is 8.76. The van der Waals surface area contributed by atoms with Crippen LogP contribution >= 0.6 is 0 Å². The SMILES string of the molecule is CCc1ccc(NC(=O)c2cnc(Nc3ccc(C(=O)OC)cc3)nc2)cc1. The molecular formula is C21H20N4O3. The van der Waals surface area contributed by atoms with Gasteiger partial charge in [0.05, 0.1) is 18.2 Å². The van der Waals surface area contributed by atoms with Gasteiger partial charge in [0.2, 0.25) is 5.95 Å². The van der Waals surface area contributed by atoms with Crippen LogP contribution in [0.1, 0.15) is 33.2 Å². The van der Waals surface area contributed by atoms with Gasteiger partial charge in [0.1, 0.15) is 0 Å². The minimum atomic E-state index is -0.400. The third kappa shape index (κ3) is 4.70. The Morgan fingerprint density at radius 1 is 0.893 bits per heavy atom. The number of nitrogens with zero attached hydrogens (tertiary/aromatic N) is 2. The van der Waals surface area contributed by atoms with E-state index in [2.05, 4.69) is 32.3 Å². The van der Waals surface area contributed by atoms with Crippen LogP contribution in [0.2, 0.25) is 0 Å². The van der Waals surface area contributed by atoms with E-state index in [0.717, 1.165) is 12.1 Å². The number of carbonyl (C=O) groups excluding carboxylic acids is 2. The summed E-state index contributed by atoms with van der Waals surface area (Å²) in [5.74, 6) is -0.338. The van der Waals surface area contributed by atoms with E-state index in [-0.39, 0.29) is 5.91 Å². The number of aryl methyl sites for hydroxylation is 1. The fourth-order valence-electron chi connectivity index (χ4n) is 2.47. The molecule has 0 aliphatic rings. The second-order valence-electron chi connectivity index (χ2n) is 5.99. The molecule has 3 rings (SSSR count). The van der Waals surface area contributed by atoms with Crippen LogP contribution in [0.15, 0.2) is 60.9 Å². The molecule has 0 fully saturated rings. The Morgan fingerprint density at radius 3 is 2.07 bits per heavy atom. The second-order valence-corrected chi connectivity index (χ2v) is 5.99. The molecule has 7 nitrogen and oxygen atoms in total. The van der Waals surface area contributed by atoms with Crippen LogP contribution in [0.4, 0.5) is 17.3 Å². The number of methoxy groups -OCH3 is 1. The van der Waals surface area contributed by atoms with Crippen LogP contribution in [0, 0.1) is 0 Å². The molecule has 0 spiro atoms. The van der Waals surface area contributed by atoms with Crippen molar-refractivity contribution in [2.24, 2.45) is 0 Å². The third-order valence-corrected chi connectivity index (χ3v) is 4.10. The minimum Gasteiger partial charge on any atom is -0.465 e. The summed E-state index contributed by atoms with van der Waals surface area (Å²) in [5.41, 5.74) is 3.44. The van der Waals surface area contributed by atoms with Crippen LogP contribution in [0.3, 0.4) is 0 Å². The van der Waals surface area contributed by atoms with E-state index in [1.54, 1.807) is 24.3 Å². The molecule has 0 saturated heterocycles. The zero-order valence-corrected chi connectivity index (χ0v) is 15.6. The number of nitrogens with one attached hydrogen (secondary N) is 2. The smallest absolute Gasteiger partial charge is 0.337 e. The number of anilines is 3. The summed E-state index contributed by atoms with van der Waals surface area (Å²) < 4.78 is 4.66. The average molecular weight is 376 g/mol. The molecule has 2 N–H and O–H groups in total. The van der Waals surface area contributed by atoms with Crippen molar-refractivity contribution in [3.63, 3.8) is 0 Å². The molecule has 0 radical (unpaired) electrons. The third-order valence-electron chi connectivity index (χ3n) is 4.10. The Labute approximate surface area is 162 Å². The largest absolute Gasteiger partial charge is 0.465 e. The van der Waals surface area contributed by atoms with Gasteiger partial charge in [-0.15, -0.1) is 0 Å². The maximum atomic E-state index is 12.3. The van der Waals surface area contributed by atoms with Crippen molar-refractivity contribution < 1.29 is 14.3 Å². The molecule has 0 saturated carbocycles. The molecule has 1 heterocycles. The van der Waals surface area contributed by atoms with Crippen molar-refractivity contribution in [2.45, 2.75) is 13.3 Å². The molecule has 3 aromatic rings. The Balaban J connectivity index is 1.62. The number of hydrogen-bond donors (Lipinski definition) is 2. The zero-order valence-electron chi connectivity index (χ0n) is 15.6. The number of rotatable bonds is 6. The van der Waals surface area contributed by atoms with Gasteiger partial charge in [0.15, 0.2) is 0 Å². The van der Waals surface area contributed by atoms with Crippen molar-refractivity contribution in [3.05, 3.63) is 77.6 Å². The van der Waals surface area contributed by atoms with E-state index >= 15 is 0 Å². The zero-order chi connectivity index (χ0) is 19.9. The van der Waals surface area contributed by atoms with Crippen LogP contribution in [-0.4, -0.2) is 29.0 Å². The predicted molar refractivity (Wildman–Crippen MR) is 107 cm³/mol. The van der Waals surface area contributed by atoms with E-state index in [1.807, 2.05) is 24.3 Å². The molecule has 2 aromatic carbocycles. The summed E-state index contributed by atoms with van der Waals surface area (Å²) in [5, 5.41) is 5.83. The fourth-order valence-corrected chi connectivity index (χ4v) is 2.47. The monoisotopic (exact) mass is 376 g/mol. The maximum Gasteiger partial charge on any atom is 0.337 e. The molecule has 0 unspecified atom stereocenters. The standard InChI is InChI=1S/C21H20N4O3/c1-3-14-4-8-17(9-5-14)24-19(26)16-12-22-21(23-13-16)25-18-10-6-15(7-11-18)20(27)28-2/h4-13H,3H2,1-2H3,(H,24,26)(H,22,23,25). The predicted octanol–water partition coefficient (Wildman–Crippen LogP) is 3.82. The topological polar surface area (TPSA) is 93.2 Å². The van der Waals surface area contributed by atoms with E-state index in [1.165, 1.54) is 25.1 Å². The number of amides is 1. The molecule has 0 atom stereocenters. The summed E-state index contributed by atoms with van der Waals surface area (Å²) in [7, 11) is 1.33. The highest BCUT2D eigenvalue weighted by atomic mass is 16.5. The van der Waals surface area contributed by atoms with Gasteiger partial charge < -0.3 is 15.4 Å². The van der Waals surface area contributed by atoms with Crippen LogP contribution in [0.25, 0.3) is 0 Å². The fraction of sp³-hybridized carbons (Fsp3) is 0.143. The highest BCUT2D eigenvalue weighted by molar-refractivity contribution is 6.03. The summed E-state index contributed by atoms with van der Waals surface area (Å²) >= 11 is 0. The Kier molecular flexibility index (Phi) is 5.96. The average Bonchev–Trinajstić information content (AvgIpc) is 2.74. The molecule has 0 aliphatic carbocycles. The van der Waals surface area contributed by atoms with E-state index in [9.17, 15) is 9.59 Å². The lowest BCUT2D eigenvalue weighted by molar-refractivity contribution is 0.0600. The van der Waals surface area contributed by atoms with Crippen molar-refractivity contribution in [1.82, 2.24) is 9.97 Å². The highest BCUT2D eigenvalue weighted by Gasteiger charge is 2.09. The lowest BCUT2D eigenvalue weighted by atomic mass is 10.1. The number of aromatic nitrogens is 2.